The van der Waals surface area contributed by atoms with Gasteiger partial charge in [-0.25, -0.2) is 9.97 Å². The van der Waals surface area contributed by atoms with Crippen LogP contribution in [0, 0.1) is 6.92 Å². The van der Waals surface area contributed by atoms with Gasteiger partial charge in [-0.1, -0.05) is 12.1 Å². The van der Waals surface area contributed by atoms with E-state index in [1.807, 2.05) is 49.1 Å². The molecular weight excluding hydrogens is 388 g/mol. The van der Waals surface area contributed by atoms with E-state index in [1.165, 1.54) is 5.56 Å². The van der Waals surface area contributed by atoms with Gasteiger partial charge in [-0.3, -0.25) is 9.58 Å². The summed E-state index contributed by atoms with van der Waals surface area (Å²) in [5, 5.41) is 4.51. The third kappa shape index (κ3) is 4.71. The maximum absolute atomic E-state index is 5.46. The standard InChI is InChI=1S/C24H32N6O/c1-17-20(14-29(4)27-17)16-30-11-7-9-19(15-30)23-22(13-25-24(26-23)28(2)3)18-8-6-10-21(12-18)31-5/h6,8,10,12-14,19H,7,9,11,15-16H2,1-5H3/t19-/m1/s1. The van der Waals surface area contributed by atoms with Gasteiger partial charge in [0.1, 0.15) is 5.75 Å². The van der Waals surface area contributed by atoms with Crippen LogP contribution in [-0.4, -0.2) is 58.9 Å². The van der Waals surface area contributed by atoms with Crippen LogP contribution in [0.3, 0.4) is 0 Å². The molecule has 4 rings (SSSR count). The zero-order valence-corrected chi connectivity index (χ0v) is 19.2. The maximum Gasteiger partial charge on any atom is 0.225 e. The molecule has 7 heteroatoms. The number of rotatable bonds is 6. The average molecular weight is 421 g/mol. The fourth-order valence-electron chi connectivity index (χ4n) is 4.39. The zero-order chi connectivity index (χ0) is 22.0. The van der Waals surface area contributed by atoms with Crippen molar-refractivity contribution in [3.05, 3.63) is 53.6 Å². The summed E-state index contributed by atoms with van der Waals surface area (Å²) < 4.78 is 7.36. The summed E-state index contributed by atoms with van der Waals surface area (Å²) in [5.41, 5.74) is 5.72. The van der Waals surface area contributed by atoms with Crippen LogP contribution >= 0.6 is 0 Å². The van der Waals surface area contributed by atoms with E-state index in [0.29, 0.717) is 5.92 Å². The van der Waals surface area contributed by atoms with E-state index in [-0.39, 0.29) is 0 Å². The Labute approximate surface area is 184 Å². The van der Waals surface area contributed by atoms with Crippen molar-refractivity contribution in [1.29, 1.82) is 0 Å². The maximum atomic E-state index is 5.46. The summed E-state index contributed by atoms with van der Waals surface area (Å²) in [5.74, 6) is 1.95. The number of hydrogen-bond acceptors (Lipinski definition) is 6. The van der Waals surface area contributed by atoms with Crippen LogP contribution in [0.1, 0.15) is 35.7 Å². The predicted octanol–water partition coefficient (Wildman–Crippen LogP) is 3.64. The molecule has 0 amide bonds. The second kappa shape index (κ2) is 9.06. The van der Waals surface area contributed by atoms with Crippen LogP contribution in [0.5, 0.6) is 5.75 Å². The van der Waals surface area contributed by atoms with E-state index in [0.717, 1.165) is 66.7 Å². The molecule has 7 nitrogen and oxygen atoms in total. The fraction of sp³-hybridized carbons (Fsp3) is 0.458. The summed E-state index contributed by atoms with van der Waals surface area (Å²) >= 11 is 0. The van der Waals surface area contributed by atoms with Crippen LogP contribution in [0.15, 0.2) is 36.7 Å². The number of ether oxygens (including phenoxy) is 1. The predicted molar refractivity (Wildman–Crippen MR) is 124 cm³/mol. The second-order valence-electron chi connectivity index (χ2n) is 8.58. The van der Waals surface area contributed by atoms with Crippen LogP contribution in [0.25, 0.3) is 11.1 Å². The topological polar surface area (TPSA) is 59.3 Å². The van der Waals surface area contributed by atoms with E-state index in [9.17, 15) is 0 Å². The molecule has 0 saturated carbocycles. The lowest BCUT2D eigenvalue weighted by Gasteiger charge is -2.33. The van der Waals surface area contributed by atoms with Crippen LogP contribution in [-0.2, 0) is 13.6 Å². The molecule has 3 aromatic rings. The van der Waals surface area contributed by atoms with Gasteiger partial charge in [-0.2, -0.15) is 5.10 Å². The quantitative estimate of drug-likeness (QED) is 0.607. The fourth-order valence-corrected chi connectivity index (χ4v) is 4.39. The average Bonchev–Trinajstić information content (AvgIpc) is 3.09. The van der Waals surface area contributed by atoms with E-state index < -0.39 is 0 Å². The SMILES string of the molecule is COc1cccc(-c2cnc(N(C)C)nc2[C@@H]2CCCN(Cc3cn(C)nc3C)C2)c1. The highest BCUT2D eigenvalue weighted by Gasteiger charge is 2.26. The molecule has 0 bridgehead atoms. The lowest BCUT2D eigenvalue weighted by Crippen LogP contribution is -2.34. The highest BCUT2D eigenvalue weighted by molar-refractivity contribution is 5.68. The van der Waals surface area contributed by atoms with Gasteiger partial charge in [-0.15, -0.1) is 0 Å². The molecule has 0 aliphatic carbocycles. The lowest BCUT2D eigenvalue weighted by atomic mass is 9.89. The van der Waals surface area contributed by atoms with Gasteiger partial charge in [0, 0.05) is 63.7 Å². The third-order valence-electron chi connectivity index (χ3n) is 5.99. The summed E-state index contributed by atoms with van der Waals surface area (Å²) in [7, 11) is 7.66. The smallest absolute Gasteiger partial charge is 0.225 e. The molecular formula is C24H32N6O. The normalized spacial score (nSPS) is 17.0. The Bertz CT molecular complexity index is 1040. The number of methoxy groups -OCH3 is 1. The third-order valence-corrected chi connectivity index (χ3v) is 5.99. The van der Waals surface area contributed by atoms with Crippen molar-refractivity contribution in [2.24, 2.45) is 7.05 Å². The number of aromatic nitrogens is 4. The monoisotopic (exact) mass is 420 g/mol. The second-order valence-corrected chi connectivity index (χ2v) is 8.58. The Hall–Kier alpha value is -2.93. The summed E-state index contributed by atoms with van der Waals surface area (Å²) in [6, 6.07) is 8.17. The van der Waals surface area contributed by atoms with Crippen LogP contribution < -0.4 is 9.64 Å². The molecule has 3 heterocycles. The zero-order valence-electron chi connectivity index (χ0n) is 19.2. The van der Waals surface area contributed by atoms with Crippen molar-refractivity contribution in [3.63, 3.8) is 0 Å². The van der Waals surface area contributed by atoms with Crippen molar-refractivity contribution in [3.8, 4) is 16.9 Å². The van der Waals surface area contributed by atoms with E-state index in [2.05, 4.69) is 40.2 Å². The number of nitrogens with zero attached hydrogens (tertiary/aromatic N) is 6. The minimum absolute atomic E-state index is 0.355. The Morgan fingerprint density at radius 3 is 2.81 bits per heavy atom. The van der Waals surface area contributed by atoms with Gasteiger partial charge < -0.3 is 9.64 Å². The van der Waals surface area contributed by atoms with Crippen molar-refractivity contribution < 1.29 is 4.74 Å². The molecule has 0 unspecified atom stereocenters. The Kier molecular flexibility index (Phi) is 6.23. The molecule has 1 fully saturated rings. The van der Waals surface area contributed by atoms with Gasteiger partial charge in [0.15, 0.2) is 0 Å². The molecule has 1 aliphatic rings. The first-order chi connectivity index (χ1) is 14.9. The number of likely N-dealkylation sites (tertiary alicyclic amines) is 1. The van der Waals surface area contributed by atoms with Gasteiger partial charge >= 0.3 is 0 Å². The first-order valence-corrected chi connectivity index (χ1v) is 10.8. The van der Waals surface area contributed by atoms with Crippen molar-refractivity contribution in [2.75, 3.05) is 39.2 Å². The van der Waals surface area contributed by atoms with Gasteiger partial charge in [0.2, 0.25) is 5.95 Å². The number of aryl methyl sites for hydroxylation is 2. The van der Waals surface area contributed by atoms with E-state index >= 15 is 0 Å². The number of hydrogen-bond donors (Lipinski definition) is 0. The minimum atomic E-state index is 0.355. The van der Waals surface area contributed by atoms with E-state index in [4.69, 9.17) is 9.72 Å². The van der Waals surface area contributed by atoms with E-state index in [1.54, 1.807) is 7.11 Å². The highest BCUT2D eigenvalue weighted by Crippen LogP contribution is 2.35. The number of piperidine rings is 1. The molecule has 2 aromatic heterocycles. The lowest BCUT2D eigenvalue weighted by molar-refractivity contribution is 0.198. The van der Waals surface area contributed by atoms with Crippen molar-refractivity contribution in [2.45, 2.75) is 32.2 Å². The molecule has 1 saturated heterocycles. The number of anilines is 1. The molecule has 31 heavy (non-hydrogen) atoms. The summed E-state index contributed by atoms with van der Waals surface area (Å²) in [6.07, 6.45) is 6.39. The van der Waals surface area contributed by atoms with Gasteiger partial charge in [0.25, 0.3) is 0 Å². The minimum Gasteiger partial charge on any atom is -0.497 e. The van der Waals surface area contributed by atoms with Gasteiger partial charge in [-0.05, 0) is 44.0 Å². The highest BCUT2D eigenvalue weighted by atomic mass is 16.5. The van der Waals surface area contributed by atoms with Crippen molar-refractivity contribution >= 4 is 5.95 Å². The molecule has 1 aromatic carbocycles. The molecule has 164 valence electrons. The first-order valence-electron chi connectivity index (χ1n) is 10.8. The van der Waals surface area contributed by atoms with Crippen molar-refractivity contribution in [1.82, 2.24) is 24.6 Å². The van der Waals surface area contributed by atoms with Crippen LogP contribution in [0.4, 0.5) is 5.95 Å². The molecule has 1 atom stereocenters. The first kappa shape index (κ1) is 21.3. The molecule has 1 aliphatic heterocycles. The number of benzene rings is 1. The summed E-state index contributed by atoms with van der Waals surface area (Å²) in [4.78, 5) is 14.1. The Morgan fingerprint density at radius 1 is 1.26 bits per heavy atom. The molecule has 0 spiro atoms. The summed E-state index contributed by atoms with van der Waals surface area (Å²) in [6.45, 7) is 5.10. The van der Waals surface area contributed by atoms with Gasteiger partial charge in [0.05, 0.1) is 18.5 Å². The largest absolute Gasteiger partial charge is 0.497 e. The Balaban J connectivity index is 1.66. The molecule has 0 N–H and O–H groups in total. The van der Waals surface area contributed by atoms with Crippen LogP contribution in [0.2, 0.25) is 0 Å². The Morgan fingerprint density at radius 2 is 2.10 bits per heavy atom. The molecule has 0 radical (unpaired) electrons.